The van der Waals surface area contributed by atoms with Crippen molar-refractivity contribution in [3.63, 3.8) is 0 Å². The normalized spacial score (nSPS) is 15.3. The van der Waals surface area contributed by atoms with Crippen molar-refractivity contribution < 1.29 is 23.0 Å². The standard InChI is InChI=1S/C17H19F2N3O3S/c1-4-5-8-21(3)15(23)20-16-22(10-11(2)26-16)12-6-7-13-14(9-12)25-17(18,19)24-13/h6-7,9-10H,4-5,8H2,1-3H3/b20-16-. The molecule has 1 aliphatic rings. The SMILES string of the molecule is CCCCN(C)C(=O)/N=c1\sc(C)cn1-c1ccc2c(c1)OC(F)(F)O2. The third-order valence-corrected chi connectivity index (χ3v) is 4.70. The number of aryl methyl sites for hydroxylation is 1. The van der Waals surface area contributed by atoms with Gasteiger partial charge in [0.05, 0.1) is 5.69 Å². The van der Waals surface area contributed by atoms with Gasteiger partial charge in [0.1, 0.15) is 0 Å². The van der Waals surface area contributed by atoms with Gasteiger partial charge in [-0.1, -0.05) is 13.3 Å². The Morgan fingerprint density at radius 3 is 2.81 bits per heavy atom. The average Bonchev–Trinajstić information content (AvgIpc) is 3.09. The van der Waals surface area contributed by atoms with E-state index in [0.717, 1.165) is 17.7 Å². The smallest absolute Gasteiger partial charge is 0.395 e. The Hall–Kier alpha value is -2.42. The number of thiazole rings is 1. The number of hydrogen-bond acceptors (Lipinski definition) is 4. The molecule has 3 rings (SSSR count). The zero-order valence-electron chi connectivity index (χ0n) is 14.7. The minimum absolute atomic E-state index is 0.0276. The van der Waals surface area contributed by atoms with Gasteiger partial charge >= 0.3 is 12.3 Å². The summed E-state index contributed by atoms with van der Waals surface area (Å²) >= 11 is 1.34. The van der Waals surface area contributed by atoms with Crippen molar-refractivity contribution in [3.8, 4) is 17.2 Å². The van der Waals surface area contributed by atoms with Gasteiger partial charge in [-0.15, -0.1) is 20.1 Å². The van der Waals surface area contributed by atoms with E-state index in [1.807, 2.05) is 6.92 Å². The predicted molar refractivity (Wildman–Crippen MR) is 93.1 cm³/mol. The molecule has 26 heavy (non-hydrogen) atoms. The average molecular weight is 383 g/mol. The molecule has 0 atom stereocenters. The molecule has 2 heterocycles. The van der Waals surface area contributed by atoms with Crippen LogP contribution in [0, 0.1) is 6.92 Å². The maximum absolute atomic E-state index is 13.2. The molecule has 0 saturated carbocycles. The number of hydrogen-bond donors (Lipinski definition) is 0. The largest absolute Gasteiger partial charge is 0.586 e. The van der Waals surface area contributed by atoms with E-state index in [2.05, 4.69) is 21.4 Å². The van der Waals surface area contributed by atoms with Crippen molar-refractivity contribution >= 4 is 17.4 Å². The molecule has 0 radical (unpaired) electrons. The number of unbranched alkanes of at least 4 members (excludes halogenated alkanes) is 1. The summed E-state index contributed by atoms with van der Waals surface area (Å²) in [5.74, 6) is -0.0821. The van der Waals surface area contributed by atoms with E-state index in [0.29, 0.717) is 17.0 Å². The lowest BCUT2D eigenvalue weighted by Crippen LogP contribution is -2.27. The van der Waals surface area contributed by atoms with E-state index in [-0.39, 0.29) is 17.5 Å². The second kappa shape index (κ2) is 7.06. The van der Waals surface area contributed by atoms with Gasteiger partial charge < -0.3 is 14.4 Å². The Morgan fingerprint density at radius 2 is 2.08 bits per heavy atom. The van der Waals surface area contributed by atoms with Crippen LogP contribution in [0.5, 0.6) is 11.5 Å². The number of amides is 2. The molecule has 0 unspecified atom stereocenters. The lowest BCUT2D eigenvalue weighted by molar-refractivity contribution is -0.286. The van der Waals surface area contributed by atoms with Crippen molar-refractivity contribution in [1.82, 2.24) is 9.47 Å². The second-order valence-electron chi connectivity index (χ2n) is 5.96. The maximum atomic E-state index is 13.2. The molecular formula is C17H19F2N3O3S. The van der Waals surface area contributed by atoms with Crippen molar-refractivity contribution in [2.75, 3.05) is 13.6 Å². The van der Waals surface area contributed by atoms with Crippen LogP contribution in [0.15, 0.2) is 29.4 Å². The monoisotopic (exact) mass is 383 g/mol. The molecule has 1 aromatic heterocycles. The highest BCUT2D eigenvalue weighted by Gasteiger charge is 2.43. The first-order valence-corrected chi connectivity index (χ1v) is 9.00. The minimum atomic E-state index is -3.67. The maximum Gasteiger partial charge on any atom is 0.586 e. The van der Waals surface area contributed by atoms with E-state index in [4.69, 9.17) is 0 Å². The predicted octanol–water partition coefficient (Wildman–Crippen LogP) is 3.92. The van der Waals surface area contributed by atoms with Crippen LogP contribution in [0.1, 0.15) is 24.6 Å². The van der Waals surface area contributed by atoms with Gasteiger partial charge in [-0.25, -0.2) is 4.79 Å². The Labute approximate surface area is 153 Å². The molecular weight excluding hydrogens is 364 g/mol. The van der Waals surface area contributed by atoms with Crippen LogP contribution in [0.3, 0.4) is 0 Å². The molecule has 0 saturated heterocycles. The number of carbonyl (C=O) groups is 1. The fourth-order valence-corrected chi connectivity index (χ4v) is 3.29. The molecule has 1 aliphatic heterocycles. The first-order valence-electron chi connectivity index (χ1n) is 8.18. The Morgan fingerprint density at radius 1 is 1.35 bits per heavy atom. The highest BCUT2D eigenvalue weighted by atomic mass is 32.1. The third-order valence-electron chi connectivity index (χ3n) is 3.80. The van der Waals surface area contributed by atoms with Crippen LogP contribution in [0.2, 0.25) is 0 Å². The molecule has 140 valence electrons. The van der Waals surface area contributed by atoms with Crippen molar-refractivity contribution in [1.29, 1.82) is 0 Å². The van der Waals surface area contributed by atoms with Gasteiger partial charge in [-0.3, -0.25) is 4.57 Å². The number of fused-ring (bicyclic) bond motifs is 1. The first-order chi connectivity index (χ1) is 12.3. The molecule has 9 heteroatoms. The van der Waals surface area contributed by atoms with Gasteiger partial charge in [0.2, 0.25) is 0 Å². The number of alkyl halides is 2. The van der Waals surface area contributed by atoms with Crippen molar-refractivity contribution in [2.24, 2.45) is 4.99 Å². The Balaban J connectivity index is 1.94. The lowest BCUT2D eigenvalue weighted by Gasteiger charge is -2.12. The van der Waals surface area contributed by atoms with Gasteiger partial charge in [-0.2, -0.15) is 4.99 Å². The molecule has 6 nitrogen and oxygen atoms in total. The summed E-state index contributed by atoms with van der Waals surface area (Å²) in [6.07, 6.45) is 0.00894. The fourth-order valence-electron chi connectivity index (χ4n) is 2.46. The lowest BCUT2D eigenvalue weighted by atomic mass is 10.3. The van der Waals surface area contributed by atoms with E-state index >= 15 is 0 Å². The van der Waals surface area contributed by atoms with Gasteiger partial charge in [0.15, 0.2) is 16.3 Å². The minimum Gasteiger partial charge on any atom is -0.395 e. The number of aromatic nitrogens is 1. The highest BCUT2D eigenvalue weighted by molar-refractivity contribution is 7.09. The summed E-state index contributed by atoms with van der Waals surface area (Å²) < 4.78 is 37.0. The molecule has 1 aromatic carbocycles. The highest BCUT2D eigenvalue weighted by Crippen LogP contribution is 2.41. The fraction of sp³-hybridized carbons (Fsp3) is 0.412. The molecule has 0 fully saturated rings. The number of ether oxygens (including phenoxy) is 2. The number of nitrogens with zero attached hydrogens (tertiary/aromatic N) is 3. The van der Waals surface area contributed by atoms with Crippen LogP contribution in [-0.4, -0.2) is 35.4 Å². The molecule has 0 N–H and O–H groups in total. The van der Waals surface area contributed by atoms with Gasteiger partial charge in [-0.05, 0) is 25.5 Å². The summed E-state index contributed by atoms with van der Waals surface area (Å²) in [5.41, 5.74) is 0.553. The van der Waals surface area contributed by atoms with Crippen molar-refractivity contribution in [2.45, 2.75) is 33.0 Å². The first kappa shape index (κ1) is 18.4. The number of benzene rings is 1. The van der Waals surface area contributed by atoms with E-state index in [1.54, 1.807) is 28.8 Å². The van der Waals surface area contributed by atoms with E-state index in [9.17, 15) is 13.6 Å². The zero-order valence-corrected chi connectivity index (χ0v) is 15.5. The van der Waals surface area contributed by atoms with Gasteiger partial charge in [0, 0.05) is 30.7 Å². The number of urea groups is 1. The summed E-state index contributed by atoms with van der Waals surface area (Å²) in [6.45, 7) is 4.56. The third kappa shape index (κ3) is 3.87. The second-order valence-corrected chi connectivity index (χ2v) is 7.18. The number of carbonyl (C=O) groups excluding carboxylic acids is 1. The molecule has 0 aliphatic carbocycles. The zero-order chi connectivity index (χ0) is 18.9. The van der Waals surface area contributed by atoms with Crippen molar-refractivity contribution in [3.05, 3.63) is 34.1 Å². The number of halogens is 2. The quantitative estimate of drug-likeness (QED) is 0.804. The van der Waals surface area contributed by atoms with Crippen LogP contribution in [-0.2, 0) is 0 Å². The van der Waals surface area contributed by atoms with Gasteiger partial charge in [0.25, 0.3) is 0 Å². The molecule has 2 amide bonds. The number of rotatable bonds is 4. The van der Waals surface area contributed by atoms with E-state index in [1.165, 1.54) is 23.5 Å². The topological polar surface area (TPSA) is 56.1 Å². The summed E-state index contributed by atoms with van der Waals surface area (Å²) in [6, 6.07) is 4.11. The Bertz CT molecular complexity index is 892. The molecule has 0 spiro atoms. The summed E-state index contributed by atoms with van der Waals surface area (Å²) in [7, 11) is 1.70. The Kier molecular flexibility index (Phi) is 4.99. The molecule has 0 bridgehead atoms. The van der Waals surface area contributed by atoms with Crippen LogP contribution >= 0.6 is 11.3 Å². The van der Waals surface area contributed by atoms with Crippen LogP contribution < -0.4 is 14.3 Å². The summed E-state index contributed by atoms with van der Waals surface area (Å²) in [5, 5.41) is 0. The molecule has 2 aromatic rings. The van der Waals surface area contributed by atoms with E-state index < -0.39 is 6.29 Å². The van der Waals surface area contributed by atoms with Crippen LogP contribution in [0.4, 0.5) is 13.6 Å². The van der Waals surface area contributed by atoms with Crippen LogP contribution in [0.25, 0.3) is 5.69 Å². The summed E-state index contributed by atoms with van der Waals surface area (Å²) in [4.78, 5) is 19.4.